The molecule has 0 saturated heterocycles. The van der Waals surface area contributed by atoms with Gasteiger partial charge in [0.05, 0.1) is 6.20 Å². The van der Waals surface area contributed by atoms with Gasteiger partial charge in [-0.25, -0.2) is 0 Å². The maximum absolute atomic E-state index is 12.3. The van der Waals surface area contributed by atoms with Gasteiger partial charge in [-0.05, 0) is 6.42 Å². The lowest BCUT2D eigenvalue weighted by Crippen LogP contribution is -2.17. The van der Waals surface area contributed by atoms with Crippen LogP contribution in [0.4, 0.5) is 13.2 Å². The molecule has 0 aliphatic carbocycles. The van der Waals surface area contributed by atoms with Crippen LogP contribution < -0.4 is 5.73 Å². The molecule has 0 aromatic carbocycles. The van der Waals surface area contributed by atoms with Crippen LogP contribution in [0.3, 0.4) is 0 Å². The highest BCUT2D eigenvalue weighted by Crippen LogP contribution is 2.32. The molecule has 0 amide bonds. The second-order valence-corrected chi connectivity index (χ2v) is 2.82. The summed E-state index contributed by atoms with van der Waals surface area (Å²) < 4.78 is 36.9. The molecule has 1 atom stereocenters. The van der Waals surface area contributed by atoms with Crippen molar-refractivity contribution >= 4 is 0 Å². The standard InChI is InChI=1S/C7H10F3N3O/c8-7(9,10)6-4(3-12-13-6)5(11)1-2-14/h3,5,14H,1-2,11H2,(H,12,13). The smallest absolute Gasteiger partial charge is 0.396 e. The van der Waals surface area contributed by atoms with E-state index in [1.54, 1.807) is 0 Å². The number of aromatic amines is 1. The van der Waals surface area contributed by atoms with Crippen molar-refractivity contribution in [2.45, 2.75) is 18.6 Å². The van der Waals surface area contributed by atoms with Crippen molar-refractivity contribution in [1.82, 2.24) is 10.2 Å². The number of hydrogen-bond acceptors (Lipinski definition) is 3. The van der Waals surface area contributed by atoms with E-state index in [9.17, 15) is 13.2 Å². The Morgan fingerprint density at radius 3 is 2.71 bits per heavy atom. The number of nitrogens with two attached hydrogens (primary N) is 1. The molecule has 0 radical (unpaired) electrons. The molecule has 0 aliphatic rings. The number of alkyl halides is 3. The summed E-state index contributed by atoms with van der Waals surface area (Å²) in [6, 6.07) is -0.852. The van der Waals surface area contributed by atoms with Crippen LogP contribution in [0.2, 0.25) is 0 Å². The third kappa shape index (κ3) is 2.24. The van der Waals surface area contributed by atoms with Crippen molar-refractivity contribution in [1.29, 1.82) is 0 Å². The van der Waals surface area contributed by atoms with Gasteiger partial charge < -0.3 is 10.8 Å². The molecule has 1 aromatic rings. The first-order chi connectivity index (χ1) is 6.46. The molecule has 1 rings (SSSR count). The molecule has 0 bridgehead atoms. The number of rotatable bonds is 3. The minimum atomic E-state index is -4.49. The van der Waals surface area contributed by atoms with Crippen molar-refractivity contribution < 1.29 is 18.3 Å². The van der Waals surface area contributed by atoms with Gasteiger partial charge in [-0.15, -0.1) is 0 Å². The molecular weight excluding hydrogens is 199 g/mol. The Hall–Kier alpha value is -1.08. The van der Waals surface area contributed by atoms with E-state index in [2.05, 4.69) is 5.10 Å². The predicted molar refractivity (Wildman–Crippen MR) is 42.2 cm³/mol. The Morgan fingerprint density at radius 2 is 2.21 bits per heavy atom. The third-order valence-electron chi connectivity index (χ3n) is 1.79. The van der Waals surface area contributed by atoms with Gasteiger partial charge in [0, 0.05) is 18.2 Å². The Labute approximate surface area is 77.9 Å². The highest BCUT2D eigenvalue weighted by atomic mass is 19.4. The van der Waals surface area contributed by atoms with Crippen molar-refractivity contribution in [2.75, 3.05) is 6.61 Å². The third-order valence-corrected chi connectivity index (χ3v) is 1.79. The number of halogens is 3. The van der Waals surface area contributed by atoms with E-state index in [4.69, 9.17) is 10.8 Å². The van der Waals surface area contributed by atoms with E-state index in [-0.39, 0.29) is 18.6 Å². The number of H-pyrrole nitrogens is 1. The van der Waals surface area contributed by atoms with Crippen LogP contribution >= 0.6 is 0 Å². The van der Waals surface area contributed by atoms with Crippen LogP contribution in [0.1, 0.15) is 23.7 Å². The van der Waals surface area contributed by atoms with Gasteiger partial charge in [0.15, 0.2) is 0 Å². The molecule has 0 aliphatic heterocycles. The first kappa shape index (κ1) is 11.0. The molecular formula is C7H10F3N3O. The normalized spacial score (nSPS) is 14.4. The Bertz CT molecular complexity index is 297. The first-order valence-electron chi connectivity index (χ1n) is 3.93. The molecule has 1 unspecified atom stereocenters. The summed E-state index contributed by atoms with van der Waals surface area (Å²) in [6.07, 6.45) is -3.38. The molecule has 7 heteroatoms. The molecule has 0 saturated carbocycles. The molecule has 4 nitrogen and oxygen atoms in total. The number of nitrogens with one attached hydrogen (secondary N) is 1. The fraction of sp³-hybridized carbons (Fsp3) is 0.571. The lowest BCUT2D eigenvalue weighted by Gasteiger charge is -2.11. The van der Waals surface area contributed by atoms with Crippen molar-refractivity contribution in [3.8, 4) is 0 Å². The molecule has 1 heterocycles. The lowest BCUT2D eigenvalue weighted by molar-refractivity contribution is -0.142. The molecule has 1 aromatic heterocycles. The summed E-state index contributed by atoms with van der Waals surface area (Å²) in [6.45, 7) is -0.260. The zero-order chi connectivity index (χ0) is 10.8. The van der Waals surface area contributed by atoms with Crippen molar-refractivity contribution in [3.63, 3.8) is 0 Å². The Kier molecular flexibility index (Phi) is 3.12. The molecule has 80 valence electrons. The first-order valence-corrected chi connectivity index (χ1v) is 3.93. The Balaban J connectivity index is 2.93. The monoisotopic (exact) mass is 209 g/mol. The molecule has 0 spiro atoms. The maximum Gasteiger partial charge on any atom is 0.433 e. The fourth-order valence-electron chi connectivity index (χ4n) is 1.10. The zero-order valence-electron chi connectivity index (χ0n) is 7.17. The fourth-order valence-corrected chi connectivity index (χ4v) is 1.10. The largest absolute Gasteiger partial charge is 0.433 e. The van der Waals surface area contributed by atoms with E-state index in [1.165, 1.54) is 0 Å². The van der Waals surface area contributed by atoms with Gasteiger partial charge in [0.25, 0.3) is 0 Å². The number of aromatic nitrogens is 2. The van der Waals surface area contributed by atoms with Crippen LogP contribution in [0.5, 0.6) is 0 Å². The lowest BCUT2D eigenvalue weighted by atomic mass is 10.1. The number of nitrogens with zero attached hydrogens (tertiary/aromatic N) is 1. The summed E-state index contributed by atoms with van der Waals surface area (Å²) in [4.78, 5) is 0. The second kappa shape index (κ2) is 3.97. The van der Waals surface area contributed by atoms with Crippen molar-refractivity contribution in [3.05, 3.63) is 17.5 Å². The highest BCUT2D eigenvalue weighted by Gasteiger charge is 2.36. The maximum atomic E-state index is 12.3. The zero-order valence-corrected chi connectivity index (χ0v) is 7.17. The SMILES string of the molecule is NC(CCO)c1cn[nH]c1C(F)(F)F. The predicted octanol–water partition coefficient (Wildman–Crippen LogP) is 0.811. The van der Waals surface area contributed by atoms with E-state index < -0.39 is 17.9 Å². The molecule has 4 N–H and O–H groups in total. The molecule has 0 fully saturated rings. The molecule has 14 heavy (non-hydrogen) atoms. The van der Waals surface area contributed by atoms with Crippen LogP contribution in [0.15, 0.2) is 6.20 Å². The van der Waals surface area contributed by atoms with Crippen LogP contribution in [0.25, 0.3) is 0 Å². The van der Waals surface area contributed by atoms with Gasteiger partial charge in [-0.1, -0.05) is 0 Å². The van der Waals surface area contributed by atoms with Gasteiger partial charge in [0.2, 0.25) is 0 Å². The van der Waals surface area contributed by atoms with E-state index >= 15 is 0 Å². The minimum absolute atomic E-state index is 0.0720. The van der Waals surface area contributed by atoms with E-state index in [0.29, 0.717) is 0 Å². The summed E-state index contributed by atoms with van der Waals surface area (Å²) in [5.74, 6) is 0. The van der Waals surface area contributed by atoms with E-state index in [0.717, 1.165) is 6.20 Å². The van der Waals surface area contributed by atoms with Crippen LogP contribution in [0, 0.1) is 0 Å². The topological polar surface area (TPSA) is 74.9 Å². The van der Waals surface area contributed by atoms with Gasteiger partial charge in [-0.2, -0.15) is 18.3 Å². The van der Waals surface area contributed by atoms with Gasteiger partial charge in [-0.3, -0.25) is 5.10 Å². The van der Waals surface area contributed by atoms with E-state index in [1.807, 2.05) is 5.10 Å². The van der Waals surface area contributed by atoms with Gasteiger partial charge >= 0.3 is 6.18 Å². The second-order valence-electron chi connectivity index (χ2n) is 2.82. The number of aliphatic hydroxyl groups is 1. The average Bonchev–Trinajstić information content (AvgIpc) is 2.50. The van der Waals surface area contributed by atoms with Gasteiger partial charge in [0.1, 0.15) is 5.69 Å². The summed E-state index contributed by atoms with van der Waals surface area (Å²) >= 11 is 0. The Morgan fingerprint density at radius 1 is 1.57 bits per heavy atom. The summed E-state index contributed by atoms with van der Waals surface area (Å²) in [7, 11) is 0. The minimum Gasteiger partial charge on any atom is -0.396 e. The van der Waals surface area contributed by atoms with Crippen LogP contribution in [-0.2, 0) is 6.18 Å². The summed E-state index contributed by atoms with van der Waals surface area (Å²) in [5.41, 5.74) is 4.36. The summed E-state index contributed by atoms with van der Waals surface area (Å²) in [5, 5.41) is 13.7. The number of aliphatic hydroxyl groups excluding tert-OH is 1. The quantitative estimate of drug-likeness (QED) is 0.689. The highest BCUT2D eigenvalue weighted by molar-refractivity contribution is 5.22. The van der Waals surface area contributed by atoms with Crippen LogP contribution in [-0.4, -0.2) is 21.9 Å². The van der Waals surface area contributed by atoms with Crippen molar-refractivity contribution in [2.24, 2.45) is 5.73 Å². The average molecular weight is 209 g/mol. The number of hydrogen-bond donors (Lipinski definition) is 3.